The summed E-state index contributed by atoms with van der Waals surface area (Å²) in [5.74, 6) is -0.330. The van der Waals surface area contributed by atoms with Gasteiger partial charge in [-0.05, 0) is 12.5 Å². The van der Waals surface area contributed by atoms with Gasteiger partial charge < -0.3 is 9.84 Å². The highest BCUT2D eigenvalue weighted by Gasteiger charge is 2.10. The highest BCUT2D eigenvalue weighted by atomic mass is 32.3. The Morgan fingerprint density at radius 3 is 2.65 bits per heavy atom. The molecular formula is C9H12NO6S-. The van der Waals surface area contributed by atoms with E-state index in [2.05, 4.69) is 9.17 Å². The van der Waals surface area contributed by atoms with E-state index in [1.54, 1.807) is 0 Å². The van der Waals surface area contributed by atoms with Gasteiger partial charge in [-0.3, -0.25) is 9.54 Å². The molecule has 17 heavy (non-hydrogen) atoms. The van der Waals surface area contributed by atoms with Crippen molar-refractivity contribution in [1.82, 2.24) is 4.98 Å². The smallest absolute Gasteiger partial charge is 0.397 e. The normalized spacial score (nSPS) is 11.7. The Bertz CT molecular complexity index is 498. The Hall–Kier alpha value is -1.22. The Morgan fingerprint density at radius 2 is 2.12 bits per heavy atom. The highest BCUT2D eigenvalue weighted by Crippen LogP contribution is 2.22. The summed E-state index contributed by atoms with van der Waals surface area (Å²) in [5.41, 5.74) is 0.816. The van der Waals surface area contributed by atoms with Gasteiger partial charge in [0.25, 0.3) is 0 Å². The first kappa shape index (κ1) is 13.8. The quantitative estimate of drug-likeness (QED) is 0.739. The molecule has 0 saturated carbocycles. The standard InChI is InChI=1S/C9H13NO6S/c1-6-9(11)8(5-15-2)7(3-10-6)4-16-17(12,13)14/h3,11H,4-5H2,1-2H3,(H,12,13,14)/p-1. The average molecular weight is 262 g/mol. The molecule has 0 saturated heterocycles. The molecule has 7 nitrogen and oxygen atoms in total. The van der Waals surface area contributed by atoms with E-state index in [9.17, 15) is 13.5 Å². The number of ether oxygens (including phenoxy) is 1. The minimum atomic E-state index is -4.55. The lowest BCUT2D eigenvalue weighted by Crippen LogP contribution is -2.10. The second-order valence-corrected chi connectivity index (χ2v) is 4.39. The SMILES string of the molecule is COCc1c(COS(=O)(=O)O)cnc(C)c1[O-]. The van der Waals surface area contributed by atoms with Crippen molar-refractivity contribution < 1.29 is 27.0 Å². The fourth-order valence-electron chi connectivity index (χ4n) is 1.24. The summed E-state index contributed by atoms with van der Waals surface area (Å²) in [6, 6.07) is 0. The third-order valence-corrected chi connectivity index (χ3v) is 2.47. The number of aryl methyl sites for hydroxylation is 1. The summed E-state index contributed by atoms with van der Waals surface area (Å²) in [6.45, 7) is 1.10. The van der Waals surface area contributed by atoms with Crippen LogP contribution in [-0.4, -0.2) is 25.1 Å². The third-order valence-electron chi connectivity index (χ3n) is 2.06. The monoisotopic (exact) mass is 262 g/mol. The Labute approximate surface area is 99.0 Å². The molecule has 1 rings (SSSR count). The molecule has 8 heteroatoms. The van der Waals surface area contributed by atoms with Gasteiger partial charge in [0.1, 0.15) is 0 Å². The fourth-order valence-corrected chi connectivity index (χ4v) is 1.52. The van der Waals surface area contributed by atoms with Gasteiger partial charge in [0, 0.05) is 24.6 Å². The minimum Gasteiger partial charge on any atom is -0.871 e. The van der Waals surface area contributed by atoms with Gasteiger partial charge in [0.2, 0.25) is 0 Å². The second kappa shape index (κ2) is 5.41. The number of pyridine rings is 1. The lowest BCUT2D eigenvalue weighted by Gasteiger charge is -2.18. The zero-order valence-electron chi connectivity index (χ0n) is 9.34. The number of rotatable bonds is 5. The largest absolute Gasteiger partial charge is 0.871 e. The zero-order chi connectivity index (χ0) is 13.1. The summed E-state index contributed by atoms with van der Waals surface area (Å²) >= 11 is 0. The molecule has 1 heterocycles. The van der Waals surface area contributed by atoms with Crippen molar-refractivity contribution in [3.05, 3.63) is 23.0 Å². The van der Waals surface area contributed by atoms with E-state index >= 15 is 0 Å². The van der Waals surface area contributed by atoms with Crippen molar-refractivity contribution in [2.45, 2.75) is 20.1 Å². The Kier molecular flexibility index (Phi) is 4.40. The molecule has 0 atom stereocenters. The van der Waals surface area contributed by atoms with E-state index < -0.39 is 17.0 Å². The fraction of sp³-hybridized carbons (Fsp3) is 0.444. The molecule has 1 aromatic heterocycles. The molecule has 1 N–H and O–H groups in total. The van der Waals surface area contributed by atoms with Gasteiger partial charge in [0.15, 0.2) is 0 Å². The summed E-state index contributed by atoms with van der Waals surface area (Å²) in [4.78, 5) is 3.80. The summed E-state index contributed by atoms with van der Waals surface area (Å²) in [5, 5.41) is 11.7. The maximum atomic E-state index is 11.7. The zero-order valence-corrected chi connectivity index (χ0v) is 10.2. The average Bonchev–Trinajstić information content (AvgIpc) is 2.23. The van der Waals surface area contributed by atoms with Crippen LogP contribution in [-0.2, 0) is 32.5 Å². The van der Waals surface area contributed by atoms with Crippen molar-refractivity contribution in [2.75, 3.05) is 7.11 Å². The molecule has 0 bridgehead atoms. The topological polar surface area (TPSA) is 109 Å². The second-order valence-electron chi connectivity index (χ2n) is 3.30. The van der Waals surface area contributed by atoms with Crippen LogP contribution in [0.2, 0.25) is 0 Å². The first-order chi connectivity index (χ1) is 7.85. The van der Waals surface area contributed by atoms with Crippen molar-refractivity contribution >= 4 is 10.4 Å². The van der Waals surface area contributed by atoms with Gasteiger partial charge in [-0.1, -0.05) is 5.75 Å². The van der Waals surface area contributed by atoms with Crippen LogP contribution in [0.3, 0.4) is 0 Å². The van der Waals surface area contributed by atoms with Gasteiger partial charge in [-0.15, -0.1) is 0 Å². The molecule has 0 aromatic carbocycles. The highest BCUT2D eigenvalue weighted by molar-refractivity contribution is 7.80. The van der Waals surface area contributed by atoms with Gasteiger partial charge in [-0.2, -0.15) is 8.42 Å². The van der Waals surface area contributed by atoms with E-state index in [1.807, 2.05) is 0 Å². The van der Waals surface area contributed by atoms with Crippen LogP contribution in [0.4, 0.5) is 0 Å². The molecule has 0 aliphatic heterocycles. The van der Waals surface area contributed by atoms with Crippen molar-refractivity contribution in [1.29, 1.82) is 0 Å². The molecule has 0 radical (unpaired) electrons. The predicted octanol–water partition coefficient (Wildman–Crippen LogP) is -0.0706. The maximum Gasteiger partial charge on any atom is 0.397 e. The number of hydrogen-bond acceptors (Lipinski definition) is 6. The molecule has 0 spiro atoms. The number of methoxy groups -OCH3 is 1. The lowest BCUT2D eigenvalue weighted by molar-refractivity contribution is -0.271. The van der Waals surface area contributed by atoms with E-state index in [0.29, 0.717) is 0 Å². The third kappa shape index (κ3) is 3.93. The molecule has 1 aromatic rings. The molecule has 0 fully saturated rings. The van der Waals surface area contributed by atoms with Crippen molar-refractivity contribution in [3.8, 4) is 5.75 Å². The molecule has 96 valence electrons. The van der Waals surface area contributed by atoms with Gasteiger partial charge in [0.05, 0.1) is 13.2 Å². The summed E-state index contributed by atoms with van der Waals surface area (Å²) in [6.07, 6.45) is 1.32. The van der Waals surface area contributed by atoms with Gasteiger partial charge >= 0.3 is 10.4 Å². The van der Waals surface area contributed by atoms with Crippen LogP contribution in [0, 0.1) is 6.92 Å². The van der Waals surface area contributed by atoms with Crippen LogP contribution in [0.5, 0.6) is 5.75 Å². The van der Waals surface area contributed by atoms with Crippen LogP contribution >= 0.6 is 0 Å². The minimum absolute atomic E-state index is 0.0202. The number of hydrogen-bond donors (Lipinski definition) is 1. The van der Waals surface area contributed by atoms with Crippen molar-refractivity contribution in [3.63, 3.8) is 0 Å². The van der Waals surface area contributed by atoms with Crippen LogP contribution < -0.4 is 5.11 Å². The predicted molar refractivity (Wildman–Crippen MR) is 55.5 cm³/mol. The maximum absolute atomic E-state index is 11.7. The van der Waals surface area contributed by atoms with E-state index in [-0.39, 0.29) is 29.2 Å². The molecule has 0 aliphatic carbocycles. The van der Waals surface area contributed by atoms with E-state index in [4.69, 9.17) is 9.29 Å². The molecule has 0 aliphatic rings. The first-order valence-electron chi connectivity index (χ1n) is 4.60. The van der Waals surface area contributed by atoms with Crippen molar-refractivity contribution in [2.24, 2.45) is 0 Å². The van der Waals surface area contributed by atoms with E-state index in [1.165, 1.54) is 20.2 Å². The van der Waals surface area contributed by atoms with Crippen LogP contribution in [0.15, 0.2) is 6.20 Å². The first-order valence-corrected chi connectivity index (χ1v) is 5.97. The number of nitrogens with zero attached hydrogens (tertiary/aromatic N) is 1. The number of aromatic nitrogens is 1. The lowest BCUT2D eigenvalue weighted by atomic mass is 10.1. The summed E-state index contributed by atoms with van der Waals surface area (Å²) in [7, 11) is -3.14. The van der Waals surface area contributed by atoms with Crippen LogP contribution in [0.1, 0.15) is 16.8 Å². The van der Waals surface area contributed by atoms with Gasteiger partial charge in [-0.25, -0.2) is 4.18 Å². The van der Waals surface area contributed by atoms with Crippen LogP contribution in [0.25, 0.3) is 0 Å². The van der Waals surface area contributed by atoms with E-state index in [0.717, 1.165) is 0 Å². The molecule has 0 amide bonds. The molecular weight excluding hydrogens is 250 g/mol. The Balaban J connectivity index is 3.02. The summed E-state index contributed by atoms with van der Waals surface area (Å²) < 4.78 is 38.3. The molecule has 0 unspecified atom stereocenters. The Morgan fingerprint density at radius 1 is 1.47 bits per heavy atom.